The third-order valence-electron chi connectivity index (χ3n) is 3.91. The van der Waals surface area contributed by atoms with Crippen LogP contribution in [0.4, 0.5) is 0 Å². The van der Waals surface area contributed by atoms with Gasteiger partial charge in [-0.05, 0) is 56.0 Å². The second kappa shape index (κ2) is 6.71. The second-order valence-electron chi connectivity index (χ2n) is 5.46. The Hall–Kier alpha value is -1.61. The van der Waals surface area contributed by atoms with Crippen molar-refractivity contribution in [1.82, 2.24) is 15.1 Å². The number of nitrogens with zero attached hydrogens (tertiary/aromatic N) is 2. The van der Waals surface area contributed by atoms with Crippen molar-refractivity contribution in [3.05, 3.63) is 52.8 Å². The Bertz CT molecular complexity index is 537. The molecule has 2 rings (SSSR count). The van der Waals surface area contributed by atoms with Gasteiger partial charge in [0.25, 0.3) is 0 Å². The van der Waals surface area contributed by atoms with E-state index >= 15 is 0 Å². The lowest BCUT2D eigenvalue weighted by Crippen LogP contribution is -2.26. The highest BCUT2D eigenvalue weighted by Gasteiger charge is 2.16. The summed E-state index contributed by atoms with van der Waals surface area (Å²) in [5.41, 5.74) is 5.44. The molecule has 1 heterocycles. The van der Waals surface area contributed by atoms with Gasteiger partial charge in [-0.1, -0.05) is 25.1 Å². The van der Waals surface area contributed by atoms with Gasteiger partial charge in [0.05, 0.1) is 11.7 Å². The average Bonchev–Trinajstić information content (AvgIpc) is 2.84. The molecule has 1 N–H and O–H groups in total. The van der Waals surface area contributed by atoms with Crippen molar-refractivity contribution in [3.8, 4) is 0 Å². The number of benzene rings is 1. The van der Waals surface area contributed by atoms with Crippen molar-refractivity contribution >= 4 is 0 Å². The minimum atomic E-state index is 0.322. The Labute approximate surface area is 122 Å². The maximum atomic E-state index is 4.31. The highest BCUT2D eigenvalue weighted by Crippen LogP contribution is 2.22. The summed E-state index contributed by atoms with van der Waals surface area (Å²) in [6, 6.07) is 8.96. The van der Waals surface area contributed by atoms with Gasteiger partial charge < -0.3 is 5.32 Å². The molecule has 0 radical (unpaired) electrons. The van der Waals surface area contributed by atoms with Gasteiger partial charge in [-0.25, -0.2) is 0 Å². The molecular weight excluding hydrogens is 246 g/mol. The van der Waals surface area contributed by atoms with Gasteiger partial charge in [0.1, 0.15) is 0 Å². The van der Waals surface area contributed by atoms with E-state index in [0.717, 1.165) is 19.4 Å². The van der Waals surface area contributed by atoms with Gasteiger partial charge in [-0.2, -0.15) is 5.10 Å². The van der Waals surface area contributed by atoms with Crippen LogP contribution >= 0.6 is 0 Å². The van der Waals surface area contributed by atoms with Crippen LogP contribution in [0.1, 0.15) is 41.8 Å². The molecule has 0 aliphatic rings. The Kier molecular flexibility index (Phi) is 4.96. The first-order valence-electron chi connectivity index (χ1n) is 7.39. The molecule has 1 atom stereocenters. The smallest absolute Gasteiger partial charge is 0.0553 e. The molecule has 0 bridgehead atoms. The van der Waals surface area contributed by atoms with E-state index < -0.39 is 0 Å². The van der Waals surface area contributed by atoms with E-state index in [4.69, 9.17) is 0 Å². The lowest BCUT2D eigenvalue weighted by atomic mass is 9.95. The second-order valence-corrected chi connectivity index (χ2v) is 5.46. The van der Waals surface area contributed by atoms with Gasteiger partial charge >= 0.3 is 0 Å². The van der Waals surface area contributed by atoms with Crippen molar-refractivity contribution in [2.45, 2.75) is 39.7 Å². The summed E-state index contributed by atoms with van der Waals surface area (Å²) in [5.74, 6) is 0. The third kappa shape index (κ3) is 3.28. The topological polar surface area (TPSA) is 29.9 Å². The zero-order valence-electron chi connectivity index (χ0n) is 13.0. The van der Waals surface area contributed by atoms with Crippen LogP contribution in [-0.4, -0.2) is 16.3 Å². The maximum Gasteiger partial charge on any atom is 0.0553 e. The van der Waals surface area contributed by atoms with E-state index in [1.54, 1.807) is 0 Å². The standard InChI is InChI=1S/C17H25N3/c1-5-10-18-16(17-9-11-19-20(17)4)12-15-13(2)7-6-8-14(15)3/h6-9,11,16,18H,5,10,12H2,1-4H3. The first-order valence-corrected chi connectivity index (χ1v) is 7.39. The minimum absolute atomic E-state index is 0.322. The predicted octanol–water partition coefficient (Wildman–Crippen LogP) is 3.32. The van der Waals surface area contributed by atoms with E-state index in [0.29, 0.717) is 6.04 Å². The average molecular weight is 271 g/mol. The zero-order chi connectivity index (χ0) is 14.5. The SMILES string of the molecule is CCCNC(Cc1c(C)cccc1C)c1ccnn1C. The van der Waals surface area contributed by atoms with Gasteiger partial charge in [0, 0.05) is 13.2 Å². The fourth-order valence-electron chi connectivity index (χ4n) is 2.70. The van der Waals surface area contributed by atoms with E-state index in [9.17, 15) is 0 Å². The number of nitrogens with one attached hydrogen (secondary N) is 1. The summed E-state index contributed by atoms with van der Waals surface area (Å²) < 4.78 is 1.97. The van der Waals surface area contributed by atoms with Crippen LogP contribution in [0.15, 0.2) is 30.5 Å². The number of hydrogen-bond acceptors (Lipinski definition) is 2. The molecule has 3 nitrogen and oxygen atoms in total. The molecule has 1 unspecified atom stereocenters. The molecule has 3 heteroatoms. The third-order valence-corrected chi connectivity index (χ3v) is 3.91. The summed E-state index contributed by atoms with van der Waals surface area (Å²) in [6.45, 7) is 7.62. The summed E-state index contributed by atoms with van der Waals surface area (Å²) in [7, 11) is 2.01. The lowest BCUT2D eigenvalue weighted by Gasteiger charge is -2.21. The lowest BCUT2D eigenvalue weighted by molar-refractivity contribution is 0.492. The van der Waals surface area contributed by atoms with Crippen LogP contribution in [-0.2, 0) is 13.5 Å². The van der Waals surface area contributed by atoms with Crippen LogP contribution in [0, 0.1) is 13.8 Å². The van der Waals surface area contributed by atoms with Crippen molar-refractivity contribution in [2.24, 2.45) is 7.05 Å². The Morgan fingerprint density at radius 2 is 1.90 bits per heavy atom. The van der Waals surface area contributed by atoms with Gasteiger partial charge in [-0.15, -0.1) is 0 Å². The molecule has 0 saturated carbocycles. The molecule has 1 aromatic heterocycles. The Morgan fingerprint density at radius 1 is 1.20 bits per heavy atom. The normalized spacial score (nSPS) is 12.6. The maximum absolute atomic E-state index is 4.31. The first-order chi connectivity index (χ1) is 9.63. The molecule has 2 aromatic rings. The van der Waals surface area contributed by atoms with Crippen LogP contribution < -0.4 is 5.32 Å². The van der Waals surface area contributed by atoms with Crippen LogP contribution in [0.3, 0.4) is 0 Å². The van der Waals surface area contributed by atoms with Gasteiger partial charge in [-0.3, -0.25) is 4.68 Å². The number of rotatable bonds is 6. The minimum Gasteiger partial charge on any atom is -0.308 e. The van der Waals surface area contributed by atoms with Crippen molar-refractivity contribution < 1.29 is 0 Å². The number of hydrogen-bond donors (Lipinski definition) is 1. The summed E-state index contributed by atoms with van der Waals surface area (Å²) in [4.78, 5) is 0. The molecule has 20 heavy (non-hydrogen) atoms. The van der Waals surface area contributed by atoms with Crippen molar-refractivity contribution in [3.63, 3.8) is 0 Å². The molecule has 0 fully saturated rings. The summed E-state index contributed by atoms with van der Waals surface area (Å²) in [6.07, 6.45) is 4.03. The fourth-order valence-corrected chi connectivity index (χ4v) is 2.70. The molecule has 0 aliphatic heterocycles. The van der Waals surface area contributed by atoms with E-state index in [2.05, 4.69) is 55.5 Å². The number of aryl methyl sites for hydroxylation is 3. The fraction of sp³-hybridized carbons (Fsp3) is 0.471. The first kappa shape index (κ1) is 14.8. The van der Waals surface area contributed by atoms with Crippen molar-refractivity contribution in [1.29, 1.82) is 0 Å². The zero-order valence-corrected chi connectivity index (χ0v) is 13.0. The monoisotopic (exact) mass is 271 g/mol. The highest BCUT2D eigenvalue weighted by atomic mass is 15.3. The molecular formula is C17H25N3. The molecule has 0 saturated heterocycles. The molecule has 0 spiro atoms. The number of aromatic nitrogens is 2. The highest BCUT2D eigenvalue weighted by molar-refractivity contribution is 5.34. The molecule has 108 valence electrons. The quantitative estimate of drug-likeness (QED) is 0.873. The Morgan fingerprint density at radius 3 is 2.45 bits per heavy atom. The molecule has 0 amide bonds. The van der Waals surface area contributed by atoms with Crippen LogP contribution in [0.2, 0.25) is 0 Å². The molecule has 1 aromatic carbocycles. The largest absolute Gasteiger partial charge is 0.308 e. The van der Waals surface area contributed by atoms with Crippen molar-refractivity contribution in [2.75, 3.05) is 6.54 Å². The van der Waals surface area contributed by atoms with Gasteiger partial charge in [0.15, 0.2) is 0 Å². The van der Waals surface area contributed by atoms with E-state index in [1.165, 1.54) is 22.4 Å². The van der Waals surface area contributed by atoms with Crippen LogP contribution in [0.25, 0.3) is 0 Å². The Balaban J connectivity index is 2.26. The summed E-state index contributed by atoms with van der Waals surface area (Å²) >= 11 is 0. The van der Waals surface area contributed by atoms with E-state index in [-0.39, 0.29) is 0 Å². The predicted molar refractivity (Wildman–Crippen MR) is 83.9 cm³/mol. The molecule has 0 aliphatic carbocycles. The summed E-state index contributed by atoms with van der Waals surface area (Å²) in [5, 5.41) is 7.96. The van der Waals surface area contributed by atoms with Crippen LogP contribution in [0.5, 0.6) is 0 Å². The van der Waals surface area contributed by atoms with Gasteiger partial charge in [0.2, 0.25) is 0 Å². The van der Waals surface area contributed by atoms with E-state index in [1.807, 2.05) is 17.9 Å².